The summed E-state index contributed by atoms with van der Waals surface area (Å²) in [6.07, 6.45) is 1.51. The Hall–Kier alpha value is -2.20. The van der Waals surface area contributed by atoms with Crippen LogP contribution in [0.2, 0.25) is 0 Å². The van der Waals surface area contributed by atoms with Crippen molar-refractivity contribution < 1.29 is 19.0 Å². The van der Waals surface area contributed by atoms with E-state index in [-0.39, 0.29) is 11.4 Å². The molecule has 0 heterocycles. The summed E-state index contributed by atoms with van der Waals surface area (Å²) in [6.45, 7) is 7.34. The molecule has 0 aliphatic rings. The second kappa shape index (κ2) is 11.0. The molecule has 0 amide bonds. The number of benzene rings is 2. The zero-order valence-corrected chi connectivity index (χ0v) is 17.6. The fourth-order valence-electron chi connectivity index (χ4n) is 2.81. The molecule has 0 unspecified atom stereocenters. The monoisotopic (exact) mass is 404 g/mol. The van der Waals surface area contributed by atoms with Gasteiger partial charge in [0.1, 0.15) is 11.5 Å². The highest BCUT2D eigenvalue weighted by atomic mass is 35.5. The maximum absolute atomic E-state index is 10.7. The summed E-state index contributed by atoms with van der Waals surface area (Å²) in [5, 5.41) is 0. The number of ether oxygens (including phenoxy) is 3. The fraction of sp³-hybridized carbons (Fsp3) is 0.435. The molecular weight excluding hydrogens is 376 g/mol. The van der Waals surface area contributed by atoms with E-state index in [4.69, 9.17) is 25.8 Å². The highest BCUT2D eigenvalue weighted by Crippen LogP contribution is 2.33. The minimum Gasteiger partial charge on any atom is -0.494 e. The van der Waals surface area contributed by atoms with Crippen LogP contribution >= 0.6 is 11.6 Å². The predicted molar refractivity (Wildman–Crippen MR) is 113 cm³/mol. The van der Waals surface area contributed by atoms with Crippen LogP contribution in [0.5, 0.6) is 11.5 Å². The molecule has 2 rings (SSSR count). The lowest BCUT2D eigenvalue weighted by Gasteiger charge is -2.26. The fourth-order valence-corrected chi connectivity index (χ4v) is 2.92. The van der Waals surface area contributed by atoms with Crippen molar-refractivity contribution in [2.75, 3.05) is 25.7 Å². The normalized spacial score (nSPS) is 11.1. The zero-order chi connectivity index (χ0) is 20.4. The molecule has 0 fully saturated rings. The van der Waals surface area contributed by atoms with Crippen molar-refractivity contribution >= 4 is 17.6 Å². The van der Waals surface area contributed by atoms with Gasteiger partial charge in [-0.2, -0.15) is 0 Å². The summed E-state index contributed by atoms with van der Waals surface area (Å²) in [5.74, 6) is 2.02. The first-order valence-electron chi connectivity index (χ1n) is 9.59. The molecule has 0 N–H and O–H groups in total. The van der Waals surface area contributed by atoms with E-state index in [1.54, 1.807) is 0 Å². The number of esters is 1. The van der Waals surface area contributed by atoms with Gasteiger partial charge in [0.2, 0.25) is 0 Å². The SMILES string of the molecule is CC(=O)OCCCOc1ccc(C(C)(C)c2ccc(OCCCCl)cc2)cc1. The second-order valence-corrected chi connectivity index (χ2v) is 7.48. The van der Waals surface area contributed by atoms with Gasteiger partial charge in [-0.1, -0.05) is 38.1 Å². The van der Waals surface area contributed by atoms with Gasteiger partial charge in [-0.25, -0.2) is 0 Å². The van der Waals surface area contributed by atoms with Gasteiger partial charge in [0, 0.05) is 24.6 Å². The summed E-state index contributed by atoms with van der Waals surface area (Å²) in [6, 6.07) is 16.4. The summed E-state index contributed by atoms with van der Waals surface area (Å²) >= 11 is 5.68. The van der Waals surface area contributed by atoms with Gasteiger partial charge >= 0.3 is 5.97 Å². The molecule has 0 aliphatic heterocycles. The lowest BCUT2D eigenvalue weighted by molar-refractivity contribution is -0.141. The molecule has 152 valence electrons. The molecule has 4 nitrogen and oxygen atoms in total. The van der Waals surface area contributed by atoms with Crippen molar-refractivity contribution in [2.24, 2.45) is 0 Å². The molecule has 0 saturated carbocycles. The zero-order valence-electron chi connectivity index (χ0n) is 16.9. The van der Waals surface area contributed by atoms with Gasteiger partial charge in [0.05, 0.1) is 19.8 Å². The summed E-state index contributed by atoms with van der Waals surface area (Å²) in [7, 11) is 0. The van der Waals surface area contributed by atoms with Crippen molar-refractivity contribution in [3.05, 3.63) is 59.7 Å². The molecule has 0 bridgehead atoms. The first-order chi connectivity index (χ1) is 13.4. The summed E-state index contributed by atoms with van der Waals surface area (Å²) in [5.41, 5.74) is 2.28. The first kappa shape index (κ1) is 22.1. The number of hydrogen-bond donors (Lipinski definition) is 0. The smallest absolute Gasteiger partial charge is 0.302 e. The molecule has 0 aliphatic carbocycles. The van der Waals surface area contributed by atoms with Crippen molar-refractivity contribution in [1.29, 1.82) is 0 Å². The molecule has 0 radical (unpaired) electrons. The Morgan fingerprint density at radius 2 is 1.29 bits per heavy atom. The summed E-state index contributed by atoms with van der Waals surface area (Å²) in [4.78, 5) is 10.7. The number of carbonyl (C=O) groups is 1. The predicted octanol–water partition coefficient (Wildman–Crippen LogP) is 5.35. The molecule has 2 aromatic rings. The largest absolute Gasteiger partial charge is 0.494 e. The van der Waals surface area contributed by atoms with Gasteiger partial charge in [-0.15, -0.1) is 11.6 Å². The minimum atomic E-state index is -0.263. The van der Waals surface area contributed by atoms with E-state index in [0.29, 0.717) is 32.1 Å². The van der Waals surface area contributed by atoms with E-state index in [0.717, 1.165) is 17.9 Å². The quantitative estimate of drug-likeness (QED) is 0.287. The van der Waals surface area contributed by atoms with Crippen LogP contribution in [-0.4, -0.2) is 31.7 Å². The Bertz CT molecular complexity index is 723. The van der Waals surface area contributed by atoms with Gasteiger partial charge in [0.25, 0.3) is 0 Å². The van der Waals surface area contributed by atoms with E-state index >= 15 is 0 Å². The molecule has 0 aromatic heterocycles. The lowest BCUT2D eigenvalue weighted by Crippen LogP contribution is -2.18. The van der Waals surface area contributed by atoms with Crippen molar-refractivity contribution in [2.45, 2.75) is 39.0 Å². The molecule has 0 saturated heterocycles. The third-order valence-electron chi connectivity index (χ3n) is 4.56. The van der Waals surface area contributed by atoms with Crippen molar-refractivity contribution in [1.82, 2.24) is 0 Å². The van der Waals surface area contributed by atoms with Crippen LogP contribution in [0.3, 0.4) is 0 Å². The number of carbonyl (C=O) groups excluding carboxylic acids is 1. The minimum absolute atomic E-state index is 0.136. The van der Waals surface area contributed by atoms with E-state index in [1.807, 2.05) is 24.3 Å². The van der Waals surface area contributed by atoms with E-state index in [2.05, 4.69) is 38.1 Å². The molecular formula is C23H29ClO4. The van der Waals surface area contributed by atoms with Crippen LogP contribution in [0, 0.1) is 0 Å². The van der Waals surface area contributed by atoms with Crippen LogP contribution < -0.4 is 9.47 Å². The van der Waals surface area contributed by atoms with Crippen molar-refractivity contribution in [3.63, 3.8) is 0 Å². The Morgan fingerprint density at radius 1 is 0.821 bits per heavy atom. The van der Waals surface area contributed by atoms with Crippen LogP contribution in [0.25, 0.3) is 0 Å². The highest BCUT2D eigenvalue weighted by molar-refractivity contribution is 6.17. The van der Waals surface area contributed by atoms with Gasteiger partial charge in [-0.05, 0) is 41.8 Å². The molecule has 0 spiro atoms. The topological polar surface area (TPSA) is 44.8 Å². The van der Waals surface area contributed by atoms with Crippen LogP contribution in [0.4, 0.5) is 0 Å². The average molecular weight is 405 g/mol. The maximum Gasteiger partial charge on any atom is 0.302 e. The van der Waals surface area contributed by atoms with Crippen LogP contribution in [-0.2, 0) is 14.9 Å². The molecule has 0 atom stereocenters. The Balaban J connectivity index is 1.92. The van der Waals surface area contributed by atoms with E-state index in [1.165, 1.54) is 18.1 Å². The second-order valence-electron chi connectivity index (χ2n) is 7.11. The van der Waals surface area contributed by atoms with Crippen LogP contribution in [0.1, 0.15) is 44.7 Å². The van der Waals surface area contributed by atoms with E-state index < -0.39 is 0 Å². The standard InChI is InChI=1S/C23H29ClO4/c1-18(25)26-16-5-17-28-22-12-8-20(9-13-22)23(2,3)19-6-10-21(11-7-19)27-15-4-14-24/h6-13H,4-5,14-17H2,1-3H3. The number of alkyl halides is 1. The molecule has 5 heteroatoms. The van der Waals surface area contributed by atoms with Crippen LogP contribution in [0.15, 0.2) is 48.5 Å². The highest BCUT2D eigenvalue weighted by Gasteiger charge is 2.23. The van der Waals surface area contributed by atoms with Gasteiger partial charge in [0.15, 0.2) is 0 Å². The summed E-state index contributed by atoms with van der Waals surface area (Å²) < 4.78 is 16.3. The third-order valence-corrected chi connectivity index (χ3v) is 4.83. The van der Waals surface area contributed by atoms with Gasteiger partial charge in [-0.3, -0.25) is 4.79 Å². The first-order valence-corrected chi connectivity index (χ1v) is 10.1. The average Bonchev–Trinajstić information content (AvgIpc) is 2.68. The Morgan fingerprint density at radius 3 is 1.71 bits per heavy atom. The van der Waals surface area contributed by atoms with E-state index in [9.17, 15) is 4.79 Å². The number of rotatable bonds is 11. The number of hydrogen-bond acceptors (Lipinski definition) is 4. The Labute approximate surface area is 172 Å². The maximum atomic E-state index is 10.7. The lowest BCUT2D eigenvalue weighted by atomic mass is 9.78. The Kier molecular flexibility index (Phi) is 8.65. The number of halogens is 1. The molecule has 28 heavy (non-hydrogen) atoms. The molecule has 2 aromatic carbocycles. The third kappa shape index (κ3) is 6.75. The van der Waals surface area contributed by atoms with Crippen molar-refractivity contribution in [3.8, 4) is 11.5 Å². The van der Waals surface area contributed by atoms with Gasteiger partial charge < -0.3 is 14.2 Å².